The van der Waals surface area contributed by atoms with Gasteiger partial charge in [0.25, 0.3) is 5.92 Å². The van der Waals surface area contributed by atoms with E-state index in [1.165, 1.54) is 0 Å². The van der Waals surface area contributed by atoms with Gasteiger partial charge in [0.2, 0.25) is 11.8 Å². The van der Waals surface area contributed by atoms with Crippen LogP contribution in [0.5, 0.6) is 5.88 Å². The lowest BCUT2D eigenvalue weighted by molar-refractivity contribution is 0.0252. The summed E-state index contributed by atoms with van der Waals surface area (Å²) in [5.41, 5.74) is 5.59. The molecule has 1 heterocycles. The van der Waals surface area contributed by atoms with E-state index in [0.717, 1.165) is 6.42 Å². The van der Waals surface area contributed by atoms with E-state index >= 15 is 0 Å². The Balaban J connectivity index is 2.68. The fraction of sp³-hybridized carbons (Fsp3) is 0.636. The van der Waals surface area contributed by atoms with E-state index in [2.05, 4.69) is 15.3 Å². The number of halogens is 2. The molecule has 1 aromatic rings. The monoisotopic (exact) mass is 260 g/mol. The van der Waals surface area contributed by atoms with Gasteiger partial charge in [0, 0.05) is 11.8 Å². The molecule has 1 aromatic heterocycles. The maximum absolute atomic E-state index is 13.0. The molecule has 0 atom stereocenters. The number of alkyl halides is 2. The Morgan fingerprint density at radius 2 is 2.17 bits per heavy atom. The SMILES string of the molecule is CCCOc1cc(C)nc(NCC(F)(F)CN)n1. The number of aryl methyl sites for hydroxylation is 1. The summed E-state index contributed by atoms with van der Waals surface area (Å²) in [6.07, 6.45) is 0.844. The third-order valence-corrected chi connectivity index (χ3v) is 2.09. The summed E-state index contributed by atoms with van der Waals surface area (Å²) in [5, 5.41) is 2.46. The number of aromatic nitrogens is 2. The van der Waals surface area contributed by atoms with Crippen molar-refractivity contribution < 1.29 is 13.5 Å². The third kappa shape index (κ3) is 4.79. The largest absolute Gasteiger partial charge is 0.478 e. The normalized spacial score (nSPS) is 11.4. The van der Waals surface area contributed by atoms with Crippen LogP contribution in [0.4, 0.5) is 14.7 Å². The number of anilines is 1. The Morgan fingerprint density at radius 1 is 1.44 bits per heavy atom. The molecule has 0 aliphatic carbocycles. The molecule has 0 amide bonds. The standard InChI is InChI=1S/C11H18F2N4O/c1-3-4-18-9-5-8(2)16-10(17-9)15-7-11(12,13)6-14/h5H,3-4,6-7,14H2,1-2H3,(H,15,16,17). The number of hydrogen-bond acceptors (Lipinski definition) is 5. The lowest BCUT2D eigenvalue weighted by atomic mass is 10.3. The summed E-state index contributed by atoms with van der Waals surface area (Å²) >= 11 is 0. The summed E-state index contributed by atoms with van der Waals surface area (Å²) in [6.45, 7) is 2.92. The van der Waals surface area contributed by atoms with Gasteiger partial charge in [-0.1, -0.05) is 6.92 Å². The molecule has 0 bridgehead atoms. The average molecular weight is 260 g/mol. The molecule has 3 N–H and O–H groups in total. The minimum atomic E-state index is -2.97. The van der Waals surface area contributed by atoms with Gasteiger partial charge >= 0.3 is 0 Å². The molecular weight excluding hydrogens is 242 g/mol. The zero-order chi connectivity index (χ0) is 13.6. The molecule has 0 radical (unpaired) electrons. The second-order valence-corrected chi connectivity index (χ2v) is 3.93. The summed E-state index contributed by atoms with van der Waals surface area (Å²) in [5.74, 6) is -2.48. The van der Waals surface area contributed by atoms with Crippen LogP contribution in [-0.4, -0.2) is 35.6 Å². The molecule has 18 heavy (non-hydrogen) atoms. The van der Waals surface area contributed by atoms with Crippen molar-refractivity contribution in [3.8, 4) is 5.88 Å². The van der Waals surface area contributed by atoms with Gasteiger partial charge in [0.15, 0.2) is 0 Å². The fourth-order valence-corrected chi connectivity index (χ4v) is 1.18. The van der Waals surface area contributed by atoms with Crippen LogP contribution in [0.3, 0.4) is 0 Å². The Bertz CT molecular complexity index is 387. The highest BCUT2D eigenvalue weighted by molar-refractivity contribution is 5.30. The first-order valence-corrected chi connectivity index (χ1v) is 5.77. The molecule has 0 aromatic carbocycles. The molecule has 0 aliphatic rings. The molecule has 102 valence electrons. The van der Waals surface area contributed by atoms with Crippen molar-refractivity contribution in [2.45, 2.75) is 26.2 Å². The first-order chi connectivity index (χ1) is 8.46. The molecule has 0 saturated heterocycles. The molecule has 0 fully saturated rings. The van der Waals surface area contributed by atoms with Gasteiger partial charge in [-0.05, 0) is 13.3 Å². The van der Waals surface area contributed by atoms with Gasteiger partial charge in [-0.15, -0.1) is 0 Å². The van der Waals surface area contributed by atoms with Gasteiger partial charge in [-0.25, -0.2) is 13.8 Å². The van der Waals surface area contributed by atoms with Gasteiger partial charge in [0.05, 0.1) is 19.7 Å². The molecule has 0 saturated carbocycles. The number of nitrogens with one attached hydrogen (secondary N) is 1. The quantitative estimate of drug-likeness (QED) is 0.778. The number of ether oxygens (including phenoxy) is 1. The summed E-state index contributed by atoms with van der Waals surface area (Å²) in [7, 11) is 0. The second-order valence-electron chi connectivity index (χ2n) is 3.93. The van der Waals surface area contributed by atoms with Crippen LogP contribution >= 0.6 is 0 Å². The number of rotatable bonds is 7. The first kappa shape index (κ1) is 14.6. The number of nitrogens with two attached hydrogens (primary N) is 1. The van der Waals surface area contributed by atoms with Gasteiger partial charge < -0.3 is 15.8 Å². The Morgan fingerprint density at radius 3 is 2.78 bits per heavy atom. The molecule has 1 rings (SSSR count). The van der Waals surface area contributed by atoms with Crippen LogP contribution in [0.1, 0.15) is 19.0 Å². The van der Waals surface area contributed by atoms with Crippen LogP contribution in [0, 0.1) is 6.92 Å². The highest BCUT2D eigenvalue weighted by Crippen LogP contribution is 2.15. The van der Waals surface area contributed by atoms with E-state index in [4.69, 9.17) is 10.5 Å². The third-order valence-electron chi connectivity index (χ3n) is 2.09. The van der Waals surface area contributed by atoms with Crippen molar-refractivity contribution in [2.75, 3.05) is 25.0 Å². The van der Waals surface area contributed by atoms with Crippen molar-refractivity contribution >= 4 is 5.95 Å². The zero-order valence-electron chi connectivity index (χ0n) is 10.5. The highest BCUT2D eigenvalue weighted by atomic mass is 19.3. The van der Waals surface area contributed by atoms with Crippen molar-refractivity contribution in [2.24, 2.45) is 5.73 Å². The van der Waals surface area contributed by atoms with E-state index in [-0.39, 0.29) is 5.95 Å². The van der Waals surface area contributed by atoms with Gasteiger partial charge in [-0.3, -0.25) is 0 Å². The predicted octanol–water partition coefficient (Wildman–Crippen LogP) is 1.58. The fourth-order valence-electron chi connectivity index (χ4n) is 1.18. The molecule has 7 heteroatoms. The first-order valence-electron chi connectivity index (χ1n) is 5.77. The van der Waals surface area contributed by atoms with Crippen molar-refractivity contribution in [3.63, 3.8) is 0 Å². The lowest BCUT2D eigenvalue weighted by Gasteiger charge is -2.15. The Labute approximate surface area is 105 Å². The molecule has 0 spiro atoms. The molecular formula is C11H18F2N4O. The summed E-state index contributed by atoms with van der Waals surface area (Å²) < 4.78 is 31.3. The van der Waals surface area contributed by atoms with E-state index in [1.54, 1.807) is 13.0 Å². The van der Waals surface area contributed by atoms with E-state index in [0.29, 0.717) is 18.2 Å². The maximum atomic E-state index is 13.0. The Hall–Kier alpha value is -1.50. The lowest BCUT2D eigenvalue weighted by Crippen LogP contribution is -2.35. The van der Waals surface area contributed by atoms with Crippen molar-refractivity contribution in [1.82, 2.24) is 9.97 Å². The molecule has 5 nitrogen and oxygen atoms in total. The molecule has 0 aliphatic heterocycles. The van der Waals surface area contributed by atoms with E-state index in [9.17, 15) is 8.78 Å². The predicted molar refractivity (Wildman–Crippen MR) is 65.0 cm³/mol. The van der Waals surface area contributed by atoms with Gasteiger partial charge in [0.1, 0.15) is 0 Å². The van der Waals surface area contributed by atoms with E-state index < -0.39 is 19.0 Å². The second kappa shape index (κ2) is 6.44. The van der Waals surface area contributed by atoms with Gasteiger partial charge in [-0.2, -0.15) is 4.98 Å². The van der Waals surface area contributed by atoms with Crippen LogP contribution in [0.25, 0.3) is 0 Å². The molecule has 0 unspecified atom stereocenters. The number of hydrogen-bond donors (Lipinski definition) is 2. The highest BCUT2D eigenvalue weighted by Gasteiger charge is 2.26. The maximum Gasteiger partial charge on any atom is 0.277 e. The van der Waals surface area contributed by atoms with Crippen LogP contribution in [0.15, 0.2) is 6.07 Å². The topological polar surface area (TPSA) is 73.1 Å². The minimum absolute atomic E-state index is 0.120. The number of nitrogens with zero attached hydrogens (tertiary/aromatic N) is 2. The smallest absolute Gasteiger partial charge is 0.277 e. The van der Waals surface area contributed by atoms with Crippen LogP contribution in [0.2, 0.25) is 0 Å². The minimum Gasteiger partial charge on any atom is -0.478 e. The summed E-state index contributed by atoms with van der Waals surface area (Å²) in [6, 6.07) is 1.65. The van der Waals surface area contributed by atoms with Crippen molar-refractivity contribution in [1.29, 1.82) is 0 Å². The van der Waals surface area contributed by atoms with Crippen LogP contribution in [-0.2, 0) is 0 Å². The van der Waals surface area contributed by atoms with E-state index in [1.807, 2.05) is 6.92 Å². The Kier molecular flexibility index (Phi) is 5.21. The zero-order valence-corrected chi connectivity index (χ0v) is 10.5. The van der Waals surface area contributed by atoms with Crippen molar-refractivity contribution in [3.05, 3.63) is 11.8 Å². The summed E-state index contributed by atoms with van der Waals surface area (Å²) in [4.78, 5) is 7.99. The van der Waals surface area contributed by atoms with Crippen LogP contribution < -0.4 is 15.8 Å². The average Bonchev–Trinajstić information content (AvgIpc) is 2.33.